The van der Waals surface area contributed by atoms with Crippen molar-refractivity contribution in [3.63, 3.8) is 0 Å². The van der Waals surface area contributed by atoms with Crippen LogP contribution in [0.3, 0.4) is 0 Å². The SMILES string of the molecule is CNC(=O)c1cc(NC(=O)N2Cc3cnn(CCO)c3C2)ccc1Cl. The number of rotatable bonds is 4. The Morgan fingerprint density at radius 3 is 2.88 bits per heavy atom. The molecule has 0 saturated heterocycles. The second-order valence-electron chi connectivity index (χ2n) is 5.62. The van der Waals surface area contributed by atoms with Crippen LogP contribution in [0.1, 0.15) is 21.6 Å². The number of aliphatic hydroxyl groups excluding tert-OH is 1. The minimum atomic E-state index is -0.321. The lowest BCUT2D eigenvalue weighted by Gasteiger charge is -2.17. The summed E-state index contributed by atoms with van der Waals surface area (Å²) in [5, 5.41) is 18.8. The van der Waals surface area contributed by atoms with E-state index in [1.165, 1.54) is 13.1 Å². The highest BCUT2D eigenvalue weighted by Crippen LogP contribution is 2.25. The Kier molecular flexibility index (Phi) is 4.91. The molecule has 0 fully saturated rings. The molecule has 0 atom stereocenters. The molecule has 0 unspecified atom stereocenters. The first-order valence-electron chi connectivity index (χ1n) is 7.75. The number of carbonyl (C=O) groups is 2. The molecule has 0 bridgehead atoms. The van der Waals surface area contributed by atoms with Crippen molar-refractivity contribution in [2.24, 2.45) is 0 Å². The van der Waals surface area contributed by atoms with Crippen LogP contribution in [0.25, 0.3) is 0 Å². The van der Waals surface area contributed by atoms with Crippen molar-refractivity contribution in [2.75, 3.05) is 19.0 Å². The second kappa shape index (κ2) is 7.12. The molecule has 1 aliphatic rings. The molecule has 9 heteroatoms. The number of nitrogens with one attached hydrogen (secondary N) is 2. The van der Waals surface area contributed by atoms with E-state index in [1.54, 1.807) is 27.9 Å². The Morgan fingerprint density at radius 2 is 2.16 bits per heavy atom. The zero-order chi connectivity index (χ0) is 18.0. The van der Waals surface area contributed by atoms with Gasteiger partial charge in [-0.15, -0.1) is 0 Å². The molecular formula is C16H18ClN5O3. The van der Waals surface area contributed by atoms with Crippen molar-refractivity contribution in [3.05, 3.63) is 46.2 Å². The van der Waals surface area contributed by atoms with Gasteiger partial charge in [0.2, 0.25) is 0 Å². The number of urea groups is 1. The van der Waals surface area contributed by atoms with Crippen molar-refractivity contribution >= 4 is 29.2 Å². The number of aromatic nitrogens is 2. The van der Waals surface area contributed by atoms with Gasteiger partial charge in [0.1, 0.15) is 0 Å². The topological polar surface area (TPSA) is 99.5 Å². The first-order chi connectivity index (χ1) is 12.0. The largest absolute Gasteiger partial charge is 0.394 e. The zero-order valence-electron chi connectivity index (χ0n) is 13.6. The van der Waals surface area contributed by atoms with Gasteiger partial charge in [0.05, 0.1) is 48.7 Å². The number of hydrogen-bond donors (Lipinski definition) is 3. The van der Waals surface area contributed by atoms with Crippen molar-refractivity contribution in [1.82, 2.24) is 20.0 Å². The molecule has 2 aromatic rings. The molecule has 1 aromatic carbocycles. The molecule has 0 spiro atoms. The number of halogens is 1. The molecule has 3 amide bonds. The number of benzene rings is 1. The number of carbonyl (C=O) groups excluding carboxylic acids is 2. The van der Waals surface area contributed by atoms with Gasteiger partial charge in [0.15, 0.2) is 0 Å². The highest BCUT2D eigenvalue weighted by molar-refractivity contribution is 6.34. The number of aliphatic hydroxyl groups is 1. The third-order valence-electron chi connectivity index (χ3n) is 4.03. The van der Waals surface area contributed by atoms with Crippen LogP contribution in [0, 0.1) is 0 Å². The maximum atomic E-state index is 12.5. The van der Waals surface area contributed by atoms with Gasteiger partial charge in [-0.25, -0.2) is 4.79 Å². The third kappa shape index (κ3) is 3.45. The van der Waals surface area contributed by atoms with Crippen LogP contribution in [0.15, 0.2) is 24.4 Å². The van der Waals surface area contributed by atoms with Crippen molar-refractivity contribution < 1.29 is 14.7 Å². The normalized spacial score (nSPS) is 12.8. The third-order valence-corrected chi connectivity index (χ3v) is 4.35. The summed E-state index contributed by atoms with van der Waals surface area (Å²) < 4.78 is 1.70. The van der Waals surface area contributed by atoms with Crippen LogP contribution in [0.4, 0.5) is 10.5 Å². The molecule has 2 heterocycles. The molecular weight excluding hydrogens is 346 g/mol. The summed E-state index contributed by atoms with van der Waals surface area (Å²) in [6, 6.07) is 4.47. The lowest BCUT2D eigenvalue weighted by molar-refractivity contribution is 0.0963. The first kappa shape index (κ1) is 17.2. The lowest BCUT2D eigenvalue weighted by atomic mass is 10.2. The second-order valence-corrected chi connectivity index (χ2v) is 6.03. The van der Waals surface area contributed by atoms with Crippen LogP contribution >= 0.6 is 11.6 Å². The Balaban J connectivity index is 1.70. The van der Waals surface area contributed by atoms with Crippen LogP contribution in [-0.4, -0.2) is 45.4 Å². The van der Waals surface area contributed by atoms with Crippen LogP contribution in [0.5, 0.6) is 0 Å². The maximum absolute atomic E-state index is 12.5. The van der Waals surface area contributed by atoms with Gasteiger partial charge in [-0.1, -0.05) is 11.6 Å². The average molecular weight is 364 g/mol. The Morgan fingerprint density at radius 1 is 1.36 bits per heavy atom. The van der Waals surface area contributed by atoms with Gasteiger partial charge >= 0.3 is 6.03 Å². The average Bonchev–Trinajstić information content (AvgIpc) is 3.18. The molecule has 25 heavy (non-hydrogen) atoms. The van der Waals surface area contributed by atoms with E-state index in [0.717, 1.165) is 11.3 Å². The fraction of sp³-hybridized carbons (Fsp3) is 0.312. The molecule has 3 N–H and O–H groups in total. The lowest BCUT2D eigenvalue weighted by Crippen LogP contribution is -2.31. The van der Waals surface area contributed by atoms with Gasteiger partial charge in [-0.05, 0) is 18.2 Å². The zero-order valence-corrected chi connectivity index (χ0v) is 14.4. The minimum absolute atomic E-state index is 0.00659. The predicted octanol–water partition coefficient (Wildman–Crippen LogP) is 1.44. The molecule has 0 radical (unpaired) electrons. The fourth-order valence-corrected chi connectivity index (χ4v) is 2.96. The van der Waals surface area contributed by atoms with Gasteiger partial charge in [-0.3, -0.25) is 9.48 Å². The van der Waals surface area contributed by atoms with Gasteiger partial charge < -0.3 is 20.6 Å². The minimum Gasteiger partial charge on any atom is -0.394 e. The predicted molar refractivity (Wildman–Crippen MR) is 92.4 cm³/mol. The molecule has 8 nitrogen and oxygen atoms in total. The maximum Gasteiger partial charge on any atom is 0.322 e. The summed E-state index contributed by atoms with van der Waals surface area (Å²) in [4.78, 5) is 25.9. The summed E-state index contributed by atoms with van der Waals surface area (Å²) in [7, 11) is 1.51. The summed E-state index contributed by atoms with van der Waals surface area (Å²) in [5.74, 6) is -0.321. The molecule has 132 valence electrons. The van der Waals surface area contributed by atoms with E-state index in [-0.39, 0.29) is 18.5 Å². The Hall–Kier alpha value is -2.58. The summed E-state index contributed by atoms with van der Waals surface area (Å²) in [6.45, 7) is 1.25. The van der Waals surface area contributed by atoms with Crippen LogP contribution in [-0.2, 0) is 19.6 Å². The van der Waals surface area contributed by atoms with E-state index in [1.807, 2.05) is 0 Å². The van der Waals surface area contributed by atoms with Gasteiger partial charge in [0, 0.05) is 18.3 Å². The first-order valence-corrected chi connectivity index (χ1v) is 8.13. The number of hydrogen-bond acceptors (Lipinski definition) is 4. The van der Waals surface area contributed by atoms with Crippen molar-refractivity contribution in [3.8, 4) is 0 Å². The summed E-state index contributed by atoms with van der Waals surface area (Å²) in [6.07, 6.45) is 1.71. The molecule has 3 rings (SSSR count). The van der Waals surface area contributed by atoms with Crippen LogP contribution in [0.2, 0.25) is 5.02 Å². The number of amides is 3. The van der Waals surface area contributed by atoms with E-state index in [4.69, 9.17) is 16.7 Å². The number of nitrogens with zero attached hydrogens (tertiary/aromatic N) is 3. The van der Waals surface area contributed by atoms with Gasteiger partial charge in [-0.2, -0.15) is 5.10 Å². The van der Waals surface area contributed by atoms with Crippen molar-refractivity contribution in [1.29, 1.82) is 0 Å². The van der Waals surface area contributed by atoms with E-state index in [9.17, 15) is 9.59 Å². The number of anilines is 1. The van der Waals surface area contributed by atoms with E-state index in [2.05, 4.69) is 15.7 Å². The summed E-state index contributed by atoms with van der Waals surface area (Å²) in [5.41, 5.74) is 2.67. The smallest absolute Gasteiger partial charge is 0.322 e. The molecule has 0 saturated carbocycles. The fourth-order valence-electron chi connectivity index (χ4n) is 2.75. The Bertz CT molecular complexity index is 820. The molecule has 1 aliphatic heterocycles. The monoisotopic (exact) mass is 363 g/mol. The van der Waals surface area contributed by atoms with E-state index in [0.29, 0.717) is 35.9 Å². The van der Waals surface area contributed by atoms with Gasteiger partial charge in [0.25, 0.3) is 5.91 Å². The number of fused-ring (bicyclic) bond motifs is 1. The quantitative estimate of drug-likeness (QED) is 0.765. The summed E-state index contributed by atoms with van der Waals surface area (Å²) >= 11 is 6.01. The highest BCUT2D eigenvalue weighted by atomic mass is 35.5. The molecule has 0 aliphatic carbocycles. The van der Waals surface area contributed by atoms with E-state index < -0.39 is 0 Å². The van der Waals surface area contributed by atoms with Crippen LogP contribution < -0.4 is 10.6 Å². The standard InChI is InChI=1S/C16H18ClN5O3/c1-18-15(24)12-6-11(2-3-13(12)17)20-16(25)21-8-10-7-19-22(4-5-23)14(10)9-21/h2-3,6-7,23H,4-5,8-9H2,1H3,(H,18,24)(H,20,25). The van der Waals surface area contributed by atoms with E-state index >= 15 is 0 Å². The van der Waals surface area contributed by atoms with Crippen molar-refractivity contribution in [2.45, 2.75) is 19.6 Å². The molecule has 1 aromatic heterocycles. The highest BCUT2D eigenvalue weighted by Gasteiger charge is 2.27. The Labute approximate surface area is 149 Å².